The van der Waals surface area contributed by atoms with E-state index in [4.69, 9.17) is 16.0 Å². The molecule has 0 N–H and O–H groups in total. The Kier molecular flexibility index (Phi) is 3.85. The molecule has 0 bridgehead atoms. The molecule has 4 nitrogen and oxygen atoms in total. The molecular formula is C16H11ClF2N2O2. The van der Waals surface area contributed by atoms with Crippen LogP contribution in [0.5, 0.6) is 0 Å². The van der Waals surface area contributed by atoms with Crippen LogP contribution in [0.15, 0.2) is 41.1 Å². The van der Waals surface area contributed by atoms with Crippen molar-refractivity contribution in [3.63, 3.8) is 0 Å². The number of hydrogen-bond donors (Lipinski definition) is 0. The zero-order chi connectivity index (χ0) is 16.6. The highest BCUT2D eigenvalue weighted by molar-refractivity contribution is 6.30. The number of para-hydroxylation sites is 1. The molecule has 0 aliphatic heterocycles. The van der Waals surface area contributed by atoms with Crippen LogP contribution in [0.3, 0.4) is 0 Å². The highest BCUT2D eigenvalue weighted by Gasteiger charge is 2.43. The molecule has 118 valence electrons. The molecule has 23 heavy (non-hydrogen) atoms. The normalized spacial score (nSPS) is 11.8. The zero-order valence-electron chi connectivity index (χ0n) is 12.0. The van der Waals surface area contributed by atoms with Crippen molar-refractivity contribution in [2.45, 2.75) is 19.3 Å². The number of ketones is 1. The number of carbonyl (C=O) groups excluding carboxylic acids is 1. The lowest BCUT2D eigenvalue weighted by molar-refractivity contribution is 0.00729. The largest absolute Gasteiger partial charge is 0.440 e. The third-order valence-electron chi connectivity index (χ3n) is 3.36. The van der Waals surface area contributed by atoms with Crippen molar-refractivity contribution in [3.05, 3.63) is 58.7 Å². The van der Waals surface area contributed by atoms with Crippen LogP contribution in [0.1, 0.15) is 28.7 Å². The van der Waals surface area contributed by atoms with Crippen molar-refractivity contribution in [1.82, 2.24) is 9.97 Å². The summed E-state index contributed by atoms with van der Waals surface area (Å²) in [5.41, 5.74) is -0.362. The van der Waals surface area contributed by atoms with Gasteiger partial charge in [0, 0.05) is 24.4 Å². The number of nitrogens with zero attached hydrogens (tertiary/aromatic N) is 2. The summed E-state index contributed by atoms with van der Waals surface area (Å²) in [5.74, 6) is -4.77. The van der Waals surface area contributed by atoms with E-state index < -0.39 is 17.3 Å². The molecule has 3 aromatic rings. The molecule has 2 heterocycles. The number of carbonyl (C=O) groups is 1. The van der Waals surface area contributed by atoms with E-state index in [9.17, 15) is 13.6 Å². The average Bonchev–Trinajstić information content (AvgIpc) is 2.97. The summed E-state index contributed by atoms with van der Waals surface area (Å²) in [6.07, 6.45) is 2.63. The van der Waals surface area contributed by atoms with Gasteiger partial charge in [-0.1, -0.05) is 24.6 Å². The van der Waals surface area contributed by atoms with E-state index in [0.29, 0.717) is 17.8 Å². The molecule has 3 rings (SSSR count). The van der Waals surface area contributed by atoms with E-state index in [0.717, 1.165) is 12.3 Å². The monoisotopic (exact) mass is 336 g/mol. The van der Waals surface area contributed by atoms with Crippen molar-refractivity contribution >= 4 is 28.5 Å². The van der Waals surface area contributed by atoms with Crippen LogP contribution in [0.2, 0.25) is 5.02 Å². The molecule has 0 unspecified atom stereocenters. The van der Waals surface area contributed by atoms with Gasteiger partial charge in [0.25, 0.3) is 0 Å². The van der Waals surface area contributed by atoms with Crippen LogP contribution in [0, 0.1) is 0 Å². The second-order valence-electron chi connectivity index (χ2n) is 4.91. The summed E-state index contributed by atoms with van der Waals surface area (Å²) in [6.45, 7) is 1.82. The Hall–Kier alpha value is -2.34. The van der Waals surface area contributed by atoms with Crippen LogP contribution in [-0.4, -0.2) is 15.8 Å². The maximum atomic E-state index is 14.5. The SMILES string of the molecule is CCc1nc2cccc(C(=O)C(F)(F)c3cncc(Cl)c3)c2o1. The van der Waals surface area contributed by atoms with Gasteiger partial charge in [0.05, 0.1) is 10.6 Å². The fourth-order valence-electron chi connectivity index (χ4n) is 2.21. The smallest absolute Gasteiger partial charge is 0.336 e. The predicted molar refractivity (Wildman–Crippen MR) is 80.9 cm³/mol. The zero-order valence-corrected chi connectivity index (χ0v) is 12.8. The maximum absolute atomic E-state index is 14.5. The van der Waals surface area contributed by atoms with Crippen molar-refractivity contribution in [1.29, 1.82) is 0 Å². The van der Waals surface area contributed by atoms with Gasteiger partial charge in [0.1, 0.15) is 5.52 Å². The number of aryl methyl sites for hydroxylation is 1. The fraction of sp³-hybridized carbons (Fsp3) is 0.188. The number of fused-ring (bicyclic) bond motifs is 1. The lowest BCUT2D eigenvalue weighted by Crippen LogP contribution is -2.26. The number of hydrogen-bond acceptors (Lipinski definition) is 4. The topological polar surface area (TPSA) is 56.0 Å². The number of rotatable bonds is 4. The lowest BCUT2D eigenvalue weighted by Gasteiger charge is -2.15. The molecule has 2 aromatic heterocycles. The summed E-state index contributed by atoms with van der Waals surface area (Å²) in [7, 11) is 0. The minimum atomic E-state index is -3.77. The number of benzene rings is 1. The molecule has 0 radical (unpaired) electrons. The average molecular weight is 337 g/mol. The third kappa shape index (κ3) is 2.70. The Bertz CT molecular complexity index is 893. The van der Waals surface area contributed by atoms with Gasteiger partial charge in [-0.05, 0) is 18.2 Å². The minimum Gasteiger partial charge on any atom is -0.440 e. The van der Waals surface area contributed by atoms with Gasteiger partial charge < -0.3 is 4.42 Å². The quantitative estimate of drug-likeness (QED) is 0.662. The van der Waals surface area contributed by atoms with Gasteiger partial charge in [-0.3, -0.25) is 9.78 Å². The first-order valence-electron chi connectivity index (χ1n) is 6.85. The lowest BCUT2D eigenvalue weighted by atomic mass is 9.99. The van der Waals surface area contributed by atoms with Gasteiger partial charge >= 0.3 is 5.92 Å². The van der Waals surface area contributed by atoms with Crippen LogP contribution in [0.25, 0.3) is 11.1 Å². The summed E-state index contributed by atoms with van der Waals surface area (Å²) < 4.78 is 34.5. The predicted octanol–water partition coefficient (Wildman–Crippen LogP) is 4.41. The van der Waals surface area contributed by atoms with Crippen LogP contribution in [-0.2, 0) is 12.3 Å². The first-order valence-corrected chi connectivity index (χ1v) is 7.23. The molecule has 0 aliphatic rings. The van der Waals surface area contributed by atoms with Crippen molar-refractivity contribution < 1.29 is 18.0 Å². The summed E-state index contributed by atoms with van der Waals surface area (Å²) >= 11 is 5.68. The van der Waals surface area contributed by atoms with Crippen LogP contribution < -0.4 is 0 Å². The summed E-state index contributed by atoms with van der Waals surface area (Å²) in [5, 5.41) is 0.0288. The molecule has 0 spiro atoms. The Morgan fingerprint density at radius 2 is 2.13 bits per heavy atom. The standard InChI is InChI=1S/C16H11ClF2N2O2/c1-2-13-21-12-5-3-4-11(14(12)23-13)15(22)16(18,19)9-6-10(17)8-20-7-9/h3-8H,2H2,1H3. The number of oxazole rings is 1. The molecule has 7 heteroatoms. The maximum Gasteiger partial charge on any atom is 0.336 e. The molecule has 0 aliphatic carbocycles. The fourth-order valence-corrected chi connectivity index (χ4v) is 2.38. The number of pyridine rings is 1. The van der Waals surface area contributed by atoms with E-state index in [-0.39, 0.29) is 16.2 Å². The van der Waals surface area contributed by atoms with Gasteiger partial charge in [-0.15, -0.1) is 0 Å². The highest BCUT2D eigenvalue weighted by atomic mass is 35.5. The van der Waals surface area contributed by atoms with Gasteiger partial charge in [0.2, 0.25) is 5.78 Å². The van der Waals surface area contributed by atoms with E-state index in [2.05, 4.69) is 9.97 Å². The molecule has 0 saturated heterocycles. The molecule has 0 fully saturated rings. The van der Waals surface area contributed by atoms with E-state index in [1.165, 1.54) is 18.3 Å². The number of aromatic nitrogens is 2. The molecule has 1 aromatic carbocycles. The van der Waals surface area contributed by atoms with Gasteiger partial charge in [-0.2, -0.15) is 8.78 Å². The van der Waals surface area contributed by atoms with E-state index in [1.54, 1.807) is 6.07 Å². The summed E-state index contributed by atoms with van der Waals surface area (Å²) in [6, 6.07) is 5.41. The molecule has 0 amide bonds. The number of halogens is 3. The van der Waals surface area contributed by atoms with Crippen molar-refractivity contribution in [2.75, 3.05) is 0 Å². The van der Waals surface area contributed by atoms with E-state index >= 15 is 0 Å². The van der Waals surface area contributed by atoms with Gasteiger partial charge in [0.15, 0.2) is 11.5 Å². The first-order chi connectivity index (χ1) is 10.9. The van der Waals surface area contributed by atoms with Crippen molar-refractivity contribution in [3.8, 4) is 0 Å². The highest BCUT2D eigenvalue weighted by Crippen LogP contribution is 2.35. The van der Waals surface area contributed by atoms with Crippen molar-refractivity contribution in [2.24, 2.45) is 0 Å². The van der Waals surface area contributed by atoms with Gasteiger partial charge in [-0.25, -0.2) is 4.98 Å². The van der Waals surface area contributed by atoms with Crippen LogP contribution >= 0.6 is 11.6 Å². The Labute approximate surface area is 135 Å². The number of alkyl halides is 2. The summed E-state index contributed by atoms with van der Waals surface area (Å²) in [4.78, 5) is 20.1. The molecular weight excluding hydrogens is 326 g/mol. The second-order valence-corrected chi connectivity index (χ2v) is 5.35. The first kappa shape index (κ1) is 15.6. The third-order valence-corrected chi connectivity index (χ3v) is 3.57. The van der Waals surface area contributed by atoms with Crippen LogP contribution in [0.4, 0.5) is 8.78 Å². The molecule has 0 saturated carbocycles. The molecule has 0 atom stereocenters. The minimum absolute atomic E-state index is 0.0288. The Morgan fingerprint density at radius 3 is 2.83 bits per heavy atom. The van der Waals surface area contributed by atoms with E-state index in [1.807, 2.05) is 6.92 Å². The second kappa shape index (κ2) is 5.70. The Morgan fingerprint density at radius 1 is 1.35 bits per heavy atom. The number of Topliss-reactive ketones (excluding diaryl/α,β-unsaturated/α-hetero) is 1. The Balaban J connectivity index is 2.11.